The van der Waals surface area contributed by atoms with E-state index in [9.17, 15) is 18.0 Å². The molecule has 1 atom stereocenters. The Labute approximate surface area is 177 Å². The molecule has 4 rings (SSSR count). The molecule has 0 radical (unpaired) electrons. The van der Waals surface area contributed by atoms with Crippen LogP contribution in [0.3, 0.4) is 0 Å². The number of carbonyl (C=O) groups is 1. The summed E-state index contributed by atoms with van der Waals surface area (Å²) in [6.45, 7) is 4.47. The largest absolute Gasteiger partial charge is 0.417 e. The van der Waals surface area contributed by atoms with E-state index in [0.29, 0.717) is 35.8 Å². The van der Waals surface area contributed by atoms with Gasteiger partial charge < -0.3 is 10.6 Å². The van der Waals surface area contributed by atoms with E-state index in [0.717, 1.165) is 25.1 Å². The van der Waals surface area contributed by atoms with Crippen molar-refractivity contribution >= 4 is 11.6 Å². The number of imidazole rings is 1. The van der Waals surface area contributed by atoms with E-state index < -0.39 is 17.3 Å². The number of hydrogen-bond acceptors (Lipinski definition) is 5. The monoisotopic (exact) mass is 432 g/mol. The first-order chi connectivity index (χ1) is 14.5. The number of aromatic nitrogens is 4. The Morgan fingerprint density at radius 3 is 2.68 bits per heavy atom. The van der Waals surface area contributed by atoms with Crippen molar-refractivity contribution in [2.24, 2.45) is 5.73 Å². The Hall–Kier alpha value is -3.01. The Morgan fingerprint density at radius 2 is 1.97 bits per heavy atom. The van der Waals surface area contributed by atoms with Crippen LogP contribution in [-0.4, -0.2) is 48.8 Å². The molecule has 1 aliphatic rings. The third-order valence-electron chi connectivity index (χ3n) is 5.43. The minimum absolute atomic E-state index is 0.0302. The molecule has 7 nitrogen and oxygen atoms in total. The van der Waals surface area contributed by atoms with Crippen molar-refractivity contribution in [3.8, 4) is 11.4 Å². The van der Waals surface area contributed by atoms with Gasteiger partial charge in [-0.05, 0) is 38.8 Å². The predicted octanol–water partition coefficient (Wildman–Crippen LogP) is 3.25. The van der Waals surface area contributed by atoms with Gasteiger partial charge >= 0.3 is 6.18 Å². The van der Waals surface area contributed by atoms with Crippen molar-refractivity contribution in [2.45, 2.75) is 44.3 Å². The van der Waals surface area contributed by atoms with Crippen LogP contribution in [0.25, 0.3) is 17.0 Å². The normalized spacial score (nSPS) is 17.9. The van der Waals surface area contributed by atoms with Crippen molar-refractivity contribution in [3.05, 3.63) is 48.2 Å². The summed E-state index contributed by atoms with van der Waals surface area (Å²) in [5.74, 6) is -0.153. The first-order valence-electron chi connectivity index (χ1n) is 9.99. The SMILES string of the molecule is CC(C)(N)C(=O)N1CCCC(c2cncc(-c3cnc4ccc(C(F)(F)F)cn34)n2)C1. The molecule has 164 valence electrons. The number of rotatable bonds is 3. The molecule has 2 N–H and O–H groups in total. The lowest BCUT2D eigenvalue weighted by molar-refractivity contribution is -0.138. The third-order valence-corrected chi connectivity index (χ3v) is 5.43. The van der Waals surface area contributed by atoms with Gasteiger partial charge in [0.05, 0.1) is 34.9 Å². The number of nitrogens with two attached hydrogens (primary N) is 1. The van der Waals surface area contributed by atoms with Crippen LogP contribution in [0.15, 0.2) is 36.9 Å². The molecule has 4 heterocycles. The highest BCUT2D eigenvalue weighted by molar-refractivity contribution is 5.85. The zero-order valence-corrected chi connectivity index (χ0v) is 17.2. The van der Waals surface area contributed by atoms with E-state index in [1.165, 1.54) is 22.9 Å². The molecular formula is C21H23F3N6O. The predicted molar refractivity (Wildman–Crippen MR) is 108 cm³/mol. The number of nitrogens with zero attached hydrogens (tertiary/aromatic N) is 5. The van der Waals surface area contributed by atoms with Gasteiger partial charge in [-0.25, -0.2) is 9.97 Å². The van der Waals surface area contributed by atoms with Crippen molar-refractivity contribution < 1.29 is 18.0 Å². The van der Waals surface area contributed by atoms with Gasteiger partial charge in [-0.15, -0.1) is 0 Å². The number of likely N-dealkylation sites (tertiary alicyclic amines) is 1. The minimum Gasteiger partial charge on any atom is -0.340 e. The van der Waals surface area contributed by atoms with Crippen molar-refractivity contribution in [1.82, 2.24) is 24.3 Å². The molecule has 31 heavy (non-hydrogen) atoms. The summed E-state index contributed by atoms with van der Waals surface area (Å²) in [6, 6.07) is 2.32. The average Bonchev–Trinajstić information content (AvgIpc) is 3.15. The number of piperidine rings is 1. The van der Waals surface area contributed by atoms with E-state index in [2.05, 4.69) is 15.0 Å². The number of fused-ring (bicyclic) bond motifs is 1. The maximum Gasteiger partial charge on any atom is 0.417 e. The molecule has 1 amide bonds. The Kier molecular flexibility index (Phi) is 5.20. The molecule has 1 unspecified atom stereocenters. The maximum atomic E-state index is 13.1. The van der Waals surface area contributed by atoms with Crippen molar-refractivity contribution in [3.63, 3.8) is 0 Å². The fourth-order valence-corrected chi connectivity index (χ4v) is 3.85. The molecule has 3 aromatic heterocycles. The van der Waals surface area contributed by atoms with Crippen LogP contribution in [0.2, 0.25) is 0 Å². The van der Waals surface area contributed by atoms with Crippen LogP contribution < -0.4 is 5.73 Å². The Balaban J connectivity index is 1.65. The standard InChI is InChI=1S/C21H23F3N6O/c1-20(2,25)19(31)29-7-3-4-13(11-29)15-8-26-9-16(28-15)17-10-27-18-6-5-14(12-30(17)18)21(22,23)24/h5-6,8-10,12-13H,3-4,7,11,25H2,1-2H3. The second kappa shape index (κ2) is 7.60. The third kappa shape index (κ3) is 4.25. The second-order valence-electron chi connectivity index (χ2n) is 8.43. The highest BCUT2D eigenvalue weighted by Gasteiger charge is 2.33. The molecule has 1 aliphatic heterocycles. The first kappa shape index (κ1) is 21.2. The Morgan fingerprint density at radius 1 is 1.19 bits per heavy atom. The van der Waals surface area contributed by atoms with Gasteiger partial charge in [-0.1, -0.05) is 0 Å². The van der Waals surface area contributed by atoms with Gasteiger partial charge in [0.1, 0.15) is 11.3 Å². The zero-order valence-electron chi connectivity index (χ0n) is 17.2. The summed E-state index contributed by atoms with van der Waals surface area (Å²) in [5.41, 5.74) is 6.16. The summed E-state index contributed by atoms with van der Waals surface area (Å²) < 4.78 is 40.8. The summed E-state index contributed by atoms with van der Waals surface area (Å²) in [6.07, 6.45) is 2.81. The molecule has 0 aromatic carbocycles. The molecule has 3 aromatic rings. The lowest BCUT2D eigenvalue weighted by Crippen LogP contribution is -2.53. The molecule has 0 bridgehead atoms. The number of alkyl halides is 3. The molecular weight excluding hydrogens is 409 g/mol. The summed E-state index contributed by atoms with van der Waals surface area (Å²) in [7, 11) is 0. The van der Waals surface area contributed by atoms with Gasteiger partial charge in [0.15, 0.2) is 0 Å². The van der Waals surface area contributed by atoms with Gasteiger partial charge in [0.2, 0.25) is 5.91 Å². The molecule has 0 spiro atoms. The van der Waals surface area contributed by atoms with Gasteiger partial charge in [0.25, 0.3) is 0 Å². The lowest BCUT2D eigenvalue weighted by atomic mass is 9.93. The highest BCUT2D eigenvalue weighted by atomic mass is 19.4. The van der Waals surface area contributed by atoms with Crippen LogP contribution in [0.5, 0.6) is 0 Å². The summed E-state index contributed by atoms with van der Waals surface area (Å²) in [5, 5.41) is 0. The number of carbonyl (C=O) groups excluding carboxylic acids is 1. The molecule has 10 heteroatoms. The lowest BCUT2D eigenvalue weighted by Gasteiger charge is -2.36. The minimum atomic E-state index is -4.46. The fourth-order valence-electron chi connectivity index (χ4n) is 3.85. The zero-order chi connectivity index (χ0) is 22.4. The number of hydrogen-bond donors (Lipinski definition) is 1. The maximum absolute atomic E-state index is 13.1. The van der Waals surface area contributed by atoms with Gasteiger partial charge in [0, 0.05) is 31.4 Å². The highest BCUT2D eigenvalue weighted by Crippen LogP contribution is 2.31. The first-order valence-corrected chi connectivity index (χ1v) is 9.99. The number of halogens is 3. The van der Waals surface area contributed by atoms with Crippen LogP contribution in [0, 0.1) is 0 Å². The molecule has 0 saturated carbocycles. The molecule has 1 saturated heterocycles. The van der Waals surface area contributed by atoms with Gasteiger partial charge in [-0.2, -0.15) is 13.2 Å². The van der Waals surface area contributed by atoms with Crippen LogP contribution in [0.4, 0.5) is 13.2 Å². The van der Waals surface area contributed by atoms with E-state index in [4.69, 9.17) is 5.73 Å². The van der Waals surface area contributed by atoms with E-state index in [1.807, 2.05) is 0 Å². The van der Waals surface area contributed by atoms with Crippen LogP contribution in [0.1, 0.15) is 43.9 Å². The van der Waals surface area contributed by atoms with Gasteiger partial charge in [-0.3, -0.25) is 14.2 Å². The topological polar surface area (TPSA) is 89.4 Å². The van der Waals surface area contributed by atoms with Crippen LogP contribution in [-0.2, 0) is 11.0 Å². The second-order valence-corrected chi connectivity index (χ2v) is 8.43. The molecule has 0 aliphatic carbocycles. The number of pyridine rings is 1. The number of amides is 1. The smallest absolute Gasteiger partial charge is 0.340 e. The Bertz CT molecular complexity index is 1120. The van der Waals surface area contributed by atoms with E-state index in [-0.39, 0.29) is 11.8 Å². The van der Waals surface area contributed by atoms with E-state index >= 15 is 0 Å². The fraction of sp³-hybridized carbons (Fsp3) is 0.429. The quantitative estimate of drug-likeness (QED) is 0.686. The molecule has 1 fully saturated rings. The van der Waals surface area contributed by atoms with Crippen molar-refractivity contribution in [1.29, 1.82) is 0 Å². The summed E-state index contributed by atoms with van der Waals surface area (Å²) >= 11 is 0. The average molecular weight is 432 g/mol. The summed E-state index contributed by atoms with van der Waals surface area (Å²) in [4.78, 5) is 27.4. The van der Waals surface area contributed by atoms with Crippen molar-refractivity contribution in [2.75, 3.05) is 13.1 Å². The van der Waals surface area contributed by atoms with Crippen LogP contribution >= 0.6 is 0 Å². The van der Waals surface area contributed by atoms with E-state index in [1.54, 1.807) is 24.9 Å².